The number of hydrogen-bond acceptors (Lipinski definition) is 3. The second-order valence-corrected chi connectivity index (χ2v) is 9.66. The summed E-state index contributed by atoms with van der Waals surface area (Å²) in [4.78, 5) is 27.5. The lowest BCUT2D eigenvalue weighted by molar-refractivity contribution is -0.144. The van der Waals surface area contributed by atoms with Gasteiger partial charge >= 0.3 is 0 Å². The van der Waals surface area contributed by atoms with Crippen LogP contribution in [0.5, 0.6) is 0 Å². The average Bonchev–Trinajstić information content (AvgIpc) is 2.56. The summed E-state index contributed by atoms with van der Waals surface area (Å²) in [6, 6.07) is 6.06. The van der Waals surface area contributed by atoms with Crippen molar-refractivity contribution in [3.8, 4) is 0 Å². The highest BCUT2D eigenvalue weighted by Crippen LogP contribution is 2.60. The average molecular weight is 369 g/mol. The first-order valence-corrected chi connectivity index (χ1v) is 10.4. The van der Waals surface area contributed by atoms with E-state index in [1.165, 1.54) is 19.3 Å². The summed E-state index contributed by atoms with van der Waals surface area (Å²) in [5, 5.41) is 3.00. The van der Waals surface area contributed by atoms with Crippen LogP contribution >= 0.6 is 0 Å². The molecule has 4 heteroatoms. The number of benzene rings is 1. The number of aryl methyl sites for hydroxylation is 2. The molecule has 4 nitrogen and oxygen atoms in total. The van der Waals surface area contributed by atoms with Crippen LogP contribution < -0.4 is 5.32 Å². The number of nitrogens with zero attached hydrogens (tertiary/aromatic N) is 1. The van der Waals surface area contributed by atoms with Crippen LogP contribution in [0.2, 0.25) is 0 Å². The molecule has 4 fully saturated rings. The molecule has 4 aliphatic rings. The van der Waals surface area contributed by atoms with Crippen LogP contribution in [0.25, 0.3) is 0 Å². The Morgan fingerprint density at radius 3 is 2.22 bits per heavy atom. The summed E-state index contributed by atoms with van der Waals surface area (Å²) < 4.78 is 0. The lowest BCUT2D eigenvalue weighted by Crippen LogP contribution is -2.52. The molecule has 0 heterocycles. The van der Waals surface area contributed by atoms with E-state index in [4.69, 9.17) is 0 Å². The maximum absolute atomic E-state index is 13.2. The summed E-state index contributed by atoms with van der Waals surface area (Å²) >= 11 is 0. The van der Waals surface area contributed by atoms with Crippen molar-refractivity contribution in [1.82, 2.24) is 4.90 Å². The fraction of sp³-hybridized carbons (Fsp3) is 0.652. The fourth-order valence-corrected chi connectivity index (χ4v) is 6.23. The van der Waals surface area contributed by atoms with Crippen LogP contribution in [0.15, 0.2) is 18.2 Å². The molecule has 1 aromatic carbocycles. The number of rotatable bonds is 6. The van der Waals surface area contributed by atoms with Gasteiger partial charge in [-0.3, -0.25) is 14.5 Å². The van der Waals surface area contributed by atoms with Gasteiger partial charge in [-0.25, -0.2) is 0 Å². The Labute approximate surface area is 162 Å². The Hall–Kier alpha value is -1.68. The van der Waals surface area contributed by atoms with Gasteiger partial charge in [0.25, 0.3) is 0 Å². The van der Waals surface area contributed by atoms with Crippen molar-refractivity contribution in [3.63, 3.8) is 0 Å². The smallest absolute Gasteiger partial charge is 0.238 e. The van der Waals surface area contributed by atoms with Gasteiger partial charge in [0, 0.05) is 11.1 Å². The number of carbonyl (C=O) groups excluding carboxylic acids is 2. The Balaban J connectivity index is 1.34. The highest BCUT2D eigenvalue weighted by Gasteiger charge is 2.54. The maximum Gasteiger partial charge on any atom is 0.238 e. The number of nitrogens with one attached hydrogen (secondary N) is 1. The normalized spacial score (nSPS) is 31.3. The van der Waals surface area contributed by atoms with Crippen molar-refractivity contribution in [2.24, 2.45) is 23.2 Å². The molecule has 0 spiro atoms. The van der Waals surface area contributed by atoms with E-state index in [0.717, 1.165) is 53.8 Å². The third kappa shape index (κ3) is 3.82. The minimum atomic E-state index is -0.0768. The van der Waals surface area contributed by atoms with E-state index in [1.54, 1.807) is 0 Å². The second kappa shape index (κ2) is 7.05. The van der Waals surface area contributed by atoms with E-state index >= 15 is 0 Å². The SMILES string of the molecule is Cc1ccc(C)c(NC(=O)CN(C)CC(=O)C23CC4CC(CC(C4)C2)C3)c1. The zero-order chi connectivity index (χ0) is 19.2. The molecule has 0 atom stereocenters. The first-order valence-electron chi connectivity index (χ1n) is 10.4. The van der Waals surface area contributed by atoms with E-state index in [1.807, 2.05) is 44.0 Å². The van der Waals surface area contributed by atoms with Gasteiger partial charge in [-0.15, -0.1) is 0 Å². The molecule has 4 aliphatic carbocycles. The largest absolute Gasteiger partial charge is 0.325 e. The summed E-state index contributed by atoms with van der Waals surface area (Å²) in [6.45, 7) is 4.67. The van der Waals surface area contributed by atoms with E-state index in [0.29, 0.717) is 12.3 Å². The Morgan fingerprint density at radius 1 is 1.04 bits per heavy atom. The lowest BCUT2D eigenvalue weighted by atomic mass is 9.48. The number of likely N-dealkylation sites (N-methyl/N-ethyl adjacent to an activating group) is 1. The van der Waals surface area contributed by atoms with E-state index in [-0.39, 0.29) is 17.9 Å². The summed E-state index contributed by atoms with van der Waals surface area (Å²) in [5.74, 6) is 2.66. The topological polar surface area (TPSA) is 49.4 Å². The molecule has 0 unspecified atom stereocenters. The molecule has 0 aliphatic heterocycles. The number of anilines is 1. The van der Waals surface area contributed by atoms with Crippen LogP contribution in [0.4, 0.5) is 5.69 Å². The fourth-order valence-electron chi connectivity index (χ4n) is 6.23. The molecule has 0 radical (unpaired) electrons. The van der Waals surface area contributed by atoms with Gasteiger partial charge in [0.05, 0.1) is 13.1 Å². The molecule has 0 saturated heterocycles. The molecular formula is C23H32N2O2. The van der Waals surface area contributed by atoms with Gasteiger partial charge in [0.2, 0.25) is 5.91 Å². The number of Topliss-reactive ketones (excluding diaryl/α,β-unsaturated/α-hetero) is 1. The molecular weight excluding hydrogens is 336 g/mol. The van der Waals surface area contributed by atoms with Gasteiger partial charge in [-0.2, -0.15) is 0 Å². The number of hydrogen-bond donors (Lipinski definition) is 1. The van der Waals surface area contributed by atoms with Crippen LogP contribution in [-0.2, 0) is 9.59 Å². The minimum absolute atomic E-state index is 0.0514. The maximum atomic E-state index is 13.2. The minimum Gasteiger partial charge on any atom is -0.325 e. The zero-order valence-electron chi connectivity index (χ0n) is 16.9. The standard InChI is InChI=1S/C23H32N2O2/c1-15-4-5-16(2)20(6-15)24-22(27)14-25(3)13-21(26)23-10-17-7-18(11-23)9-19(8-17)12-23/h4-6,17-19H,7-14H2,1-3H3,(H,24,27). The number of carbonyl (C=O) groups is 2. The second-order valence-electron chi connectivity index (χ2n) is 9.66. The molecule has 146 valence electrons. The van der Waals surface area contributed by atoms with Gasteiger partial charge in [-0.1, -0.05) is 12.1 Å². The van der Waals surface area contributed by atoms with Gasteiger partial charge < -0.3 is 5.32 Å². The van der Waals surface area contributed by atoms with Crippen LogP contribution in [-0.4, -0.2) is 36.7 Å². The Morgan fingerprint density at radius 2 is 1.63 bits per heavy atom. The Kier molecular flexibility index (Phi) is 4.87. The summed E-state index contributed by atoms with van der Waals surface area (Å²) in [7, 11) is 1.89. The quantitative estimate of drug-likeness (QED) is 0.827. The molecule has 27 heavy (non-hydrogen) atoms. The zero-order valence-corrected chi connectivity index (χ0v) is 16.9. The predicted octanol–water partition coefficient (Wildman–Crippen LogP) is 3.96. The molecule has 1 N–H and O–H groups in total. The summed E-state index contributed by atoms with van der Waals surface area (Å²) in [5.41, 5.74) is 2.97. The lowest BCUT2D eigenvalue weighted by Gasteiger charge is -2.56. The van der Waals surface area contributed by atoms with Crippen molar-refractivity contribution in [2.45, 2.75) is 52.4 Å². The third-order valence-corrected chi connectivity index (χ3v) is 7.12. The van der Waals surface area contributed by atoms with Gasteiger partial charge in [0.1, 0.15) is 0 Å². The van der Waals surface area contributed by atoms with Crippen LogP contribution in [0.3, 0.4) is 0 Å². The van der Waals surface area contributed by atoms with Crippen molar-refractivity contribution >= 4 is 17.4 Å². The number of amides is 1. The molecule has 4 bridgehead atoms. The predicted molar refractivity (Wildman–Crippen MR) is 108 cm³/mol. The molecule has 0 aromatic heterocycles. The van der Waals surface area contributed by atoms with Gasteiger partial charge in [0.15, 0.2) is 5.78 Å². The van der Waals surface area contributed by atoms with Crippen molar-refractivity contribution in [2.75, 3.05) is 25.5 Å². The van der Waals surface area contributed by atoms with E-state index in [9.17, 15) is 9.59 Å². The highest BCUT2D eigenvalue weighted by atomic mass is 16.2. The summed E-state index contributed by atoms with van der Waals surface area (Å²) in [6.07, 6.45) is 7.34. The molecule has 1 aromatic rings. The van der Waals surface area contributed by atoms with E-state index < -0.39 is 0 Å². The van der Waals surface area contributed by atoms with Crippen LogP contribution in [0.1, 0.15) is 49.7 Å². The molecule has 1 amide bonds. The van der Waals surface area contributed by atoms with E-state index in [2.05, 4.69) is 5.32 Å². The van der Waals surface area contributed by atoms with Crippen molar-refractivity contribution in [3.05, 3.63) is 29.3 Å². The Bertz CT molecular complexity index is 719. The molecule has 4 saturated carbocycles. The van der Waals surface area contributed by atoms with Crippen molar-refractivity contribution < 1.29 is 9.59 Å². The molecule has 5 rings (SSSR count). The first kappa shape index (κ1) is 18.7. The highest BCUT2D eigenvalue weighted by molar-refractivity contribution is 5.94. The van der Waals surface area contributed by atoms with Gasteiger partial charge in [-0.05, 0) is 94.4 Å². The first-order chi connectivity index (χ1) is 12.8. The monoisotopic (exact) mass is 368 g/mol. The number of ketones is 1. The van der Waals surface area contributed by atoms with Crippen LogP contribution in [0, 0.1) is 37.0 Å². The van der Waals surface area contributed by atoms with Crippen molar-refractivity contribution in [1.29, 1.82) is 0 Å². The third-order valence-electron chi connectivity index (χ3n) is 7.12.